The van der Waals surface area contributed by atoms with E-state index in [0.29, 0.717) is 40.4 Å². The smallest absolute Gasteiger partial charge is 0.329 e. The molecule has 0 radical (unpaired) electrons. The first kappa shape index (κ1) is 24.8. The van der Waals surface area contributed by atoms with Gasteiger partial charge in [-0.15, -0.1) is 0 Å². The van der Waals surface area contributed by atoms with E-state index >= 15 is 0 Å². The average molecular weight is 506 g/mol. The van der Waals surface area contributed by atoms with E-state index in [4.69, 9.17) is 21.1 Å². The van der Waals surface area contributed by atoms with Crippen LogP contribution in [0.1, 0.15) is 29.2 Å². The number of halogens is 2. The Kier molecular flexibility index (Phi) is 7.52. The van der Waals surface area contributed by atoms with Crippen molar-refractivity contribution in [3.63, 3.8) is 0 Å². The molecular formula is C27H21ClFN3O4. The minimum Gasteiger partial charge on any atom is -0.490 e. The number of ether oxygens (including phenoxy) is 2. The maximum absolute atomic E-state index is 13.2. The van der Waals surface area contributed by atoms with Gasteiger partial charge in [0, 0.05) is 5.56 Å². The van der Waals surface area contributed by atoms with E-state index in [0.717, 1.165) is 4.90 Å². The normalized spacial score (nSPS) is 14.1. The lowest BCUT2D eigenvalue weighted by molar-refractivity contribution is -0.123. The third-order valence-corrected chi connectivity index (χ3v) is 5.65. The molecule has 0 saturated carbocycles. The molecule has 0 atom stereocenters. The second kappa shape index (κ2) is 10.9. The number of carbonyl (C=O) groups excluding carboxylic acids is 2. The summed E-state index contributed by atoms with van der Waals surface area (Å²) in [5, 5.41) is 12.1. The molecule has 0 bridgehead atoms. The van der Waals surface area contributed by atoms with Crippen molar-refractivity contribution in [1.82, 2.24) is 10.2 Å². The van der Waals surface area contributed by atoms with Gasteiger partial charge in [0.05, 0.1) is 29.8 Å². The zero-order valence-electron chi connectivity index (χ0n) is 19.3. The summed E-state index contributed by atoms with van der Waals surface area (Å²) < 4.78 is 24.8. The van der Waals surface area contributed by atoms with Crippen LogP contribution in [0.15, 0.2) is 66.4 Å². The zero-order chi connectivity index (χ0) is 25.7. The third kappa shape index (κ3) is 5.48. The fraction of sp³-hybridized carbons (Fsp3) is 0.148. The Morgan fingerprint density at radius 1 is 1.11 bits per heavy atom. The van der Waals surface area contributed by atoms with Crippen molar-refractivity contribution in [2.45, 2.75) is 20.1 Å². The predicted octanol–water partition coefficient (Wildman–Crippen LogP) is 5.42. The lowest BCUT2D eigenvalue weighted by Gasteiger charge is -2.15. The quantitative estimate of drug-likeness (QED) is 0.326. The lowest BCUT2D eigenvalue weighted by atomic mass is 10.1. The first-order valence-electron chi connectivity index (χ1n) is 11.1. The van der Waals surface area contributed by atoms with Gasteiger partial charge in [-0.05, 0) is 54.5 Å². The standard InChI is InChI=1S/C27H21ClFN3O4/c1-2-35-24-13-18(11-22(28)25(24)36-16-20-6-4-3-5-19(20)14-30)12-23-26(33)32(27(34)31-23)15-17-7-9-21(29)10-8-17/h3-13H,2,15-16H2,1H3,(H,31,34)/b23-12+. The fourth-order valence-electron chi connectivity index (χ4n) is 3.63. The summed E-state index contributed by atoms with van der Waals surface area (Å²) in [4.78, 5) is 26.3. The Labute approximate surface area is 212 Å². The highest BCUT2D eigenvalue weighted by atomic mass is 35.5. The summed E-state index contributed by atoms with van der Waals surface area (Å²) in [6, 6.07) is 17.4. The van der Waals surface area contributed by atoms with E-state index < -0.39 is 17.8 Å². The van der Waals surface area contributed by atoms with E-state index in [9.17, 15) is 19.2 Å². The van der Waals surface area contributed by atoms with E-state index in [1.165, 1.54) is 30.3 Å². The number of amides is 3. The van der Waals surface area contributed by atoms with Crippen LogP contribution in [0.2, 0.25) is 5.02 Å². The van der Waals surface area contributed by atoms with Gasteiger partial charge in [0.1, 0.15) is 18.1 Å². The average Bonchev–Trinajstić information content (AvgIpc) is 3.12. The molecule has 0 unspecified atom stereocenters. The SMILES string of the molecule is CCOc1cc(/C=C2/NC(=O)N(Cc3ccc(F)cc3)C2=O)cc(Cl)c1OCc1ccccc1C#N. The van der Waals surface area contributed by atoms with E-state index in [1.807, 2.05) is 13.0 Å². The van der Waals surface area contributed by atoms with Crippen LogP contribution in [0.3, 0.4) is 0 Å². The molecule has 1 N–H and O–H groups in total. The molecule has 1 fully saturated rings. The molecule has 0 spiro atoms. The molecule has 9 heteroatoms. The number of carbonyl (C=O) groups is 2. The Bertz CT molecular complexity index is 1380. The van der Waals surface area contributed by atoms with Crippen molar-refractivity contribution in [2.75, 3.05) is 6.61 Å². The molecule has 7 nitrogen and oxygen atoms in total. The van der Waals surface area contributed by atoms with Crippen LogP contribution in [0.25, 0.3) is 6.08 Å². The Morgan fingerprint density at radius 3 is 2.58 bits per heavy atom. The van der Waals surface area contributed by atoms with Crippen LogP contribution in [0, 0.1) is 17.1 Å². The van der Waals surface area contributed by atoms with Crippen molar-refractivity contribution in [3.05, 3.63) is 99.5 Å². The first-order valence-corrected chi connectivity index (χ1v) is 11.4. The van der Waals surface area contributed by atoms with Crippen LogP contribution in [0.4, 0.5) is 9.18 Å². The predicted molar refractivity (Wildman–Crippen MR) is 132 cm³/mol. The second-order valence-corrected chi connectivity index (χ2v) is 8.23. The summed E-state index contributed by atoms with van der Waals surface area (Å²) in [6.45, 7) is 2.26. The van der Waals surface area contributed by atoms with Crippen molar-refractivity contribution in [2.24, 2.45) is 0 Å². The zero-order valence-corrected chi connectivity index (χ0v) is 20.0. The molecule has 0 aliphatic carbocycles. The number of nitriles is 1. The molecule has 4 rings (SSSR count). The summed E-state index contributed by atoms with van der Waals surface area (Å²) in [6.07, 6.45) is 1.49. The van der Waals surface area contributed by atoms with Crippen molar-refractivity contribution in [3.8, 4) is 17.6 Å². The summed E-state index contributed by atoms with van der Waals surface area (Å²) in [5.74, 6) is -0.272. The third-order valence-electron chi connectivity index (χ3n) is 5.37. The number of nitrogens with zero attached hydrogens (tertiary/aromatic N) is 2. The number of hydrogen-bond acceptors (Lipinski definition) is 5. The summed E-state index contributed by atoms with van der Waals surface area (Å²) >= 11 is 6.50. The van der Waals surface area contributed by atoms with Crippen molar-refractivity contribution in [1.29, 1.82) is 5.26 Å². The van der Waals surface area contributed by atoms with Gasteiger partial charge in [0.15, 0.2) is 11.5 Å². The fourth-order valence-corrected chi connectivity index (χ4v) is 3.91. The van der Waals surface area contributed by atoms with Crippen molar-refractivity contribution < 1.29 is 23.5 Å². The highest BCUT2D eigenvalue weighted by molar-refractivity contribution is 6.32. The lowest BCUT2D eigenvalue weighted by Crippen LogP contribution is -2.30. The minimum absolute atomic E-state index is 0.00415. The number of urea groups is 1. The van der Waals surface area contributed by atoms with Gasteiger partial charge in [-0.3, -0.25) is 9.69 Å². The first-order chi connectivity index (χ1) is 17.4. The number of nitrogens with one attached hydrogen (secondary N) is 1. The highest BCUT2D eigenvalue weighted by Gasteiger charge is 2.33. The minimum atomic E-state index is -0.581. The van der Waals surface area contributed by atoms with E-state index in [1.54, 1.807) is 30.3 Å². The molecule has 3 amide bonds. The van der Waals surface area contributed by atoms with Gasteiger partial charge in [0.25, 0.3) is 5.91 Å². The van der Waals surface area contributed by atoms with Crippen LogP contribution in [0.5, 0.6) is 11.5 Å². The van der Waals surface area contributed by atoms with E-state index in [2.05, 4.69) is 11.4 Å². The summed E-state index contributed by atoms with van der Waals surface area (Å²) in [7, 11) is 0. The monoisotopic (exact) mass is 505 g/mol. The van der Waals surface area contributed by atoms with Gasteiger partial charge in [-0.25, -0.2) is 9.18 Å². The maximum atomic E-state index is 13.2. The Morgan fingerprint density at radius 2 is 1.86 bits per heavy atom. The topological polar surface area (TPSA) is 91.7 Å². The van der Waals surface area contributed by atoms with Crippen LogP contribution < -0.4 is 14.8 Å². The molecule has 3 aromatic carbocycles. The number of benzene rings is 3. The molecule has 0 aromatic heterocycles. The van der Waals surface area contributed by atoms with E-state index in [-0.39, 0.29) is 23.9 Å². The maximum Gasteiger partial charge on any atom is 0.329 e. The van der Waals surface area contributed by atoms with Gasteiger partial charge < -0.3 is 14.8 Å². The van der Waals surface area contributed by atoms with Gasteiger partial charge in [0.2, 0.25) is 0 Å². The largest absolute Gasteiger partial charge is 0.490 e. The number of hydrogen-bond donors (Lipinski definition) is 1. The highest BCUT2D eigenvalue weighted by Crippen LogP contribution is 2.38. The van der Waals surface area contributed by atoms with Crippen molar-refractivity contribution >= 4 is 29.6 Å². The number of imide groups is 1. The molecule has 3 aromatic rings. The molecule has 1 saturated heterocycles. The molecule has 1 aliphatic heterocycles. The Balaban J connectivity index is 1.56. The second-order valence-electron chi connectivity index (χ2n) is 7.83. The molecular weight excluding hydrogens is 485 g/mol. The number of rotatable bonds is 8. The molecule has 36 heavy (non-hydrogen) atoms. The van der Waals surface area contributed by atoms with Gasteiger partial charge >= 0.3 is 6.03 Å². The Hall–Kier alpha value is -4.35. The molecule has 1 aliphatic rings. The van der Waals surface area contributed by atoms with Crippen LogP contribution in [-0.4, -0.2) is 23.4 Å². The van der Waals surface area contributed by atoms with Gasteiger partial charge in [-0.2, -0.15) is 5.26 Å². The molecule has 182 valence electrons. The summed E-state index contributed by atoms with van der Waals surface area (Å²) in [5.41, 5.74) is 2.39. The van der Waals surface area contributed by atoms with Gasteiger partial charge in [-0.1, -0.05) is 41.9 Å². The molecule has 1 heterocycles. The van der Waals surface area contributed by atoms with Crippen LogP contribution >= 0.6 is 11.6 Å². The van der Waals surface area contributed by atoms with Crippen LogP contribution in [-0.2, 0) is 17.9 Å².